The topological polar surface area (TPSA) is 21.3 Å². The van der Waals surface area contributed by atoms with Crippen LogP contribution in [-0.2, 0) is 0 Å². The van der Waals surface area contributed by atoms with Gasteiger partial charge in [-0.15, -0.1) is 0 Å². The summed E-state index contributed by atoms with van der Waals surface area (Å²) < 4.78 is 39.7. The normalized spacial score (nSPS) is 9.43. The van der Waals surface area contributed by atoms with Crippen LogP contribution < -0.4 is 10.1 Å². The van der Waals surface area contributed by atoms with Crippen molar-refractivity contribution in [1.29, 1.82) is 0 Å². The maximum Gasteiger partial charge on any atom is 0.344 e. The van der Waals surface area contributed by atoms with Crippen molar-refractivity contribution in [2.24, 2.45) is 0 Å². The number of ether oxygens (including phenoxy) is 1. The fourth-order valence-corrected chi connectivity index (χ4v) is 0.832. The lowest BCUT2D eigenvalue weighted by Gasteiger charge is -2.03. The SMILES string of the molecule is CNc1ccc(OC(F)=C(F)F)cc1. The number of anilines is 1. The Hall–Kier alpha value is -1.65. The Labute approximate surface area is 79.0 Å². The molecule has 0 aliphatic rings. The molecule has 5 heteroatoms. The molecular weight excluding hydrogens is 195 g/mol. The van der Waals surface area contributed by atoms with E-state index >= 15 is 0 Å². The standard InChI is InChI=1S/C9H8F3NO/c1-13-6-2-4-7(5-3-6)14-9(12)8(10)11/h2-5,13H,1H3. The third-order valence-electron chi connectivity index (χ3n) is 1.50. The number of benzene rings is 1. The van der Waals surface area contributed by atoms with Gasteiger partial charge in [-0.2, -0.15) is 13.2 Å². The number of rotatable bonds is 3. The fraction of sp³-hybridized carbons (Fsp3) is 0.111. The first kappa shape index (κ1) is 10.4. The van der Waals surface area contributed by atoms with Gasteiger partial charge in [-0.3, -0.25) is 0 Å². The lowest BCUT2D eigenvalue weighted by molar-refractivity contribution is 0.241. The van der Waals surface area contributed by atoms with Crippen molar-refractivity contribution in [3.05, 3.63) is 36.4 Å². The number of hydrogen-bond acceptors (Lipinski definition) is 2. The van der Waals surface area contributed by atoms with Crippen LogP contribution in [0.1, 0.15) is 0 Å². The van der Waals surface area contributed by atoms with Crippen LogP contribution in [0.2, 0.25) is 0 Å². The first-order valence-corrected chi connectivity index (χ1v) is 3.80. The molecule has 0 fully saturated rings. The van der Waals surface area contributed by atoms with E-state index in [0.717, 1.165) is 5.69 Å². The number of hydrogen-bond donors (Lipinski definition) is 1. The maximum absolute atomic E-state index is 12.3. The molecule has 0 radical (unpaired) electrons. The molecule has 0 bridgehead atoms. The zero-order valence-electron chi connectivity index (χ0n) is 7.35. The van der Waals surface area contributed by atoms with E-state index in [9.17, 15) is 13.2 Å². The Morgan fingerprint density at radius 2 is 1.71 bits per heavy atom. The van der Waals surface area contributed by atoms with Crippen LogP contribution >= 0.6 is 0 Å². The van der Waals surface area contributed by atoms with Crippen molar-refractivity contribution in [2.75, 3.05) is 12.4 Å². The third kappa shape index (κ3) is 2.69. The van der Waals surface area contributed by atoms with Crippen molar-refractivity contribution >= 4 is 5.69 Å². The molecule has 2 nitrogen and oxygen atoms in total. The fourth-order valence-electron chi connectivity index (χ4n) is 0.832. The molecule has 1 rings (SSSR count). The molecule has 1 aromatic rings. The van der Waals surface area contributed by atoms with Gasteiger partial charge in [0.2, 0.25) is 0 Å². The van der Waals surface area contributed by atoms with Gasteiger partial charge in [-0.05, 0) is 24.3 Å². The first-order chi connectivity index (χ1) is 6.63. The van der Waals surface area contributed by atoms with Crippen LogP contribution in [0.5, 0.6) is 5.75 Å². The van der Waals surface area contributed by atoms with E-state index in [2.05, 4.69) is 10.1 Å². The first-order valence-electron chi connectivity index (χ1n) is 3.80. The van der Waals surface area contributed by atoms with E-state index in [1.54, 1.807) is 19.2 Å². The van der Waals surface area contributed by atoms with E-state index in [1.165, 1.54) is 12.1 Å². The molecule has 0 heterocycles. The van der Waals surface area contributed by atoms with Crippen molar-refractivity contribution in [2.45, 2.75) is 0 Å². The van der Waals surface area contributed by atoms with Gasteiger partial charge in [0.05, 0.1) is 0 Å². The minimum Gasteiger partial charge on any atom is -0.428 e. The van der Waals surface area contributed by atoms with E-state index in [1.807, 2.05) is 0 Å². The molecule has 0 unspecified atom stereocenters. The van der Waals surface area contributed by atoms with Crippen molar-refractivity contribution < 1.29 is 17.9 Å². The molecule has 14 heavy (non-hydrogen) atoms. The summed E-state index contributed by atoms with van der Waals surface area (Å²) in [6.45, 7) is 0. The summed E-state index contributed by atoms with van der Waals surface area (Å²) in [7, 11) is 1.71. The van der Waals surface area contributed by atoms with E-state index < -0.39 is 12.1 Å². The van der Waals surface area contributed by atoms with Gasteiger partial charge in [0.15, 0.2) is 0 Å². The quantitative estimate of drug-likeness (QED) is 0.762. The summed E-state index contributed by atoms with van der Waals surface area (Å²) in [6, 6.07) is 4.06. The molecule has 0 aliphatic carbocycles. The van der Waals surface area contributed by atoms with Crippen molar-refractivity contribution in [1.82, 2.24) is 0 Å². The molecule has 0 aliphatic heterocycles. The third-order valence-corrected chi connectivity index (χ3v) is 1.50. The largest absolute Gasteiger partial charge is 0.428 e. The highest BCUT2D eigenvalue weighted by Crippen LogP contribution is 2.20. The Morgan fingerprint density at radius 1 is 1.14 bits per heavy atom. The average Bonchev–Trinajstić information content (AvgIpc) is 2.19. The average molecular weight is 203 g/mol. The van der Waals surface area contributed by atoms with Gasteiger partial charge in [-0.1, -0.05) is 0 Å². The molecule has 1 aromatic carbocycles. The molecule has 0 aromatic heterocycles. The van der Waals surface area contributed by atoms with E-state index in [0.29, 0.717) is 0 Å². The van der Waals surface area contributed by atoms with Gasteiger partial charge in [0, 0.05) is 12.7 Å². The van der Waals surface area contributed by atoms with Crippen LogP contribution in [0.25, 0.3) is 0 Å². The molecule has 0 amide bonds. The minimum absolute atomic E-state index is 0.0225. The maximum atomic E-state index is 12.3. The smallest absolute Gasteiger partial charge is 0.344 e. The Bertz CT molecular complexity index is 330. The summed E-state index contributed by atoms with van der Waals surface area (Å²) in [5.41, 5.74) is 0.780. The molecular formula is C9H8F3NO. The predicted octanol–water partition coefficient (Wildman–Crippen LogP) is 3.14. The highest BCUT2D eigenvalue weighted by molar-refractivity contribution is 5.45. The van der Waals surface area contributed by atoms with Gasteiger partial charge in [-0.25, -0.2) is 0 Å². The molecule has 76 valence electrons. The monoisotopic (exact) mass is 203 g/mol. The van der Waals surface area contributed by atoms with Crippen LogP contribution in [-0.4, -0.2) is 7.05 Å². The van der Waals surface area contributed by atoms with Gasteiger partial charge in [0.25, 0.3) is 0 Å². The van der Waals surface area contributed by atoms with Crippen molar-refractivity contribution in [3.8, 4) is 5.75 Å². The zero-order valence-corrected chi connectivity index (χ0v) is 7.35. The number of halogens is 3. The highest BCUT2D eigenvalue weighted by Gasteiger charge is 2.07. The summed E-state index contributed by atoms with van der Waals surface area (Å²) in [5, 5.41) is 2.82. The molecule has 0 atom stereocenters. The molecule has 1 N–H and O–H groups in total. The van der Waals surface area contributed by atoms with Crippen LogP contribution in [0.3, 0.4) is 0 Å². The lowest BCUT2D eigenvalue weighted by atomic mass is 10.3. The van der Waals surface area contributed by atoms with Gasteiger partial charge >= 0.3 is 12.1 Å². The summed E-state index contributed by atoms with van der Waals surface area (Å²) in [4.78, 5) is 0. The minimum atomic E-state index is -2.47. The summed E-state index contributed by atoms with van der Waals surface area (Å²) in [6.07, 6.45) is -2.47. The highest BCUT2D eigenvalue weighted by atomic mass is 19.3. The van der Waals surface area contributed by atoms with Crippen LogP contribution in [0.4, 0.5) is 18.9 Å². The predicted molar refractivity (Wildman–Crippen MR) is 47.0 cm³/mol. The van der Waals surface area contributed by atoms with Crippen molar-refractivity contribution in [3.63, 3.8) is 0 Å². The van der Waals surface area contributed by atoms with Gasteiger partial charge in [0.1, 0.15) is 5.75 Å². The van der Waals surface area contributed by atoms with Crippen LogP contribution in [0, 0.1) is 0 Å². The second-order valence-electron chi connectivity index (χ2n) is 2.41. The summed E-state index contributed by atoms with van der Waals surface area (Å²) in [5.74, 6) is 0.0225. The lowest BCUT2D eigenvalue weighted by Crippen LogP contribution is -1.91. The molecule has 0 spiro atoms. The van der Waals surface area contributed by atoms with E-state index in [-0.39, 0.29) is 5.75 Å². The Morgan fingerprint density at radius 3 is 2.14 bits per heavy atom. The Balaban J connectivity index is 2.74. The zero-order chi connectivity index (χ0) is 10.6. The molecule has 0 saturated heterocycles. The van der Waals surface area contributed by atoms with Crippen LogP contribution in [0.15, 0.2) is 36.4 Å². The van der Waals surface area contributed by atoms with Gasteiger partial charge < -0.3 is 10.1 Å². The Kier molecular flexibility index (Phi) is 3.39. The number of nitrogens with one attached hydrogen (secondary N) is 1. The molecule has 0 saturated carbocycles. The van der Waals surface area contributed by atoms with E-state index in [4.69, 9.17) is 0 Å². The second-order valence-corrected chi connectivity index (χ2v) is 2.41. The summed E-state index contributed by atoms with van der Waals surface area (Å²) >= 11 is 0. The second kappa shape index (κ2) is 4.55.